The van der Waals surface area contributed by atoms with E-state index < -0.39 is 27.8 Å². The zero-order chi connectivity index (χ0) is 21.0. The third-order valence-corrected chi connectivity index (χ3v) is 6.97. The first kappa shape index (κ1) is 21.3. The second kappa shape index (κ2) is 8.95. The quantitative estimate of drug-likeness (QED) is 0.690. The fourth-order valence-corrected chi connectivity index (χ4v) is 5.24. The van der Waals surface area contributed by atoms with Crippen molar-refractivity contribution in [1.82, 2.24) is 4.90 Å². The Morgan fingerprint density at radius 1 is 1.21 bits per heavy atom. The third kappa shape index (κ3) is 5.35. The van der Waals surface area contributed by atoms with Gasteiger partial charge in [-0.1, -0.05) is 37.3 Å². The molecule has 1 aliphatic heterocycles. The van der Waals surface area contributed by atoms with Crippen LogP contribution in [0.15, 0.2) is 48.5 Å². The number of ether oxygens (including phenoxy) is 1. The van der Waals surface area contributed by atoms with Gasteiger partial charge in [-0.3, -0.25) is 4.79 Å². The number of carbonyl (C=O) groups excluding carboxylic acids is 1. The Bertz CT molecular complexity index is 959. The molecule has 29 heavy (non-hydrogen) atoms. The lowest BCUT2D eigenvalue weighted by atomic mass is 10.1. The molecule has 156 valence electrons. The molecule has 0 saturated carbocycles. The van der Waals surface area contributed by atoms with Crippen LogP contribution in [0.4, 0.5) is 4.39 Å². The first-order chi connectivity index (χ1) is 13.8. The van der Waals surface area contributed by atoms with E-state index in [4.69, 9.17) is 4.74 Å². The number of halogens is 1. The Labute approximate surface area is 171 Å². The molecule has 0 unspecified atom stereocenters. The molecule has 3 rings (SSSR count). The fraction of sp³-hybridized carbons (Fsp3) is 0.409. The predicted octanol–water partition coefficient (Wildman–Crippen LogP) is 3.37. The van der Waals surface area contributed by atoms with Crippen LogP contribution in [0.1, 0.15) is 31.4 Å². The molecule has 0 aliphatic carbocycles. The summed E-state index contributed by atoms with van der Waals surface area (Å²) in [6.45, 7) is 3.69. The second-order valence-electron chi connectivity index (χ2n) is 7.37. The Morgan fingerprint density at radius 3 is 2.48 bits per heavy atom. The topological polar surface area (TPSA) is 63.7 Å². The highest BCUT2D eigenvalue weighted by Crippen LogP contribution is 2.23. The van der Waals surface area contributed by atoms with Crippen LogP contribution in [-0.2, 0) is 27.6 Å². The van der Waals surface area contributed by atoms with Gasteiger partial charge in [0.1, 0.15) is 11.6 Å². The van der Waals surface area contributed by atoms with Crippen molar-refractivity contribution < 1.29 is 22.3 Å². The lowest BCUT2D eigenvalue weighted by molar-refractivity contribution is -0.140. The van der Waals surface area contributed by atoms with Crippen molar-refractivity contribution in [3.63, 3.8) is 0 Å². The van der Waals surface area contributed by atoms with Gasteiger partial charge in [-0.2, -0.15) is 0 Å². The molecule has 0 spiro atoms. The number of hydrogen-bond acceptors (Lipinski definition) is 4. The van der Waals surface area contributed by atoms with E-state index in [1.807, 2.05) is 24.3 Å². The lowest BCUT2D eigenvalue weighted by Gasteiger charge is -2.31. The van der Waals surface area contributed by atoms with Crippen LogP contribution in [0.2, 0.25) is 0 Å². The minimum Gasteiger partial charge on any atom is -0.481 e. The SMILES string of the molecule is CCc1ccc(O[C@H](C)C(=O)N(Cc2ccccc2F)[C@@H]2CCS(=O)(=O)C2)cc1. The maximum absolute atomic E-state index is 14.2. The molecule has 0 aromatic heterocycles. The molecule has 1 heterocycles. The summed E-state index contributed by atoms with van der Waals surface area (Å²) in [5, 5.41) is 0. The minimum atomic E-state index is -3.20. The van der Waals surface area contributed by atoms with Crippen LogP contribution in [-0.4, -0.2) is 42.9 Å². The Hall–Kier alpha value is -2.41. The molecule has 2 aromatic rings. The molecule has 1 saturated heterocycles. The van der Waals surface area contributed by atoms with Gasteiger partial charge in [0, 0.05) is 18.2 Å². The summed E-state index contributed by atoms with van der Waals surface area (Å²) in [6, 6.07) is 13.2. The molecule has 7 heteroatoms. The maximum atomic E-state index is 14.2. The van der Waals surface area contributed by atoms with Crippen molar-refractivity contribution in [2.24, 2.45) is 0 Å². The van der Waals surface area contributed by atoms with Gasteiger partial charge in [0.15, 0.2) is 15.9 Å². The molecule has 5 nitrogen and oxygen atoms in total. The van der Waals surface area contributed by atoms with Crippen molar-refractivity contribution in [3.8, 4) is 5.75 Å². The number of nitrogens with zero attached hydrogens (tertiary/aromatic N) is 1. The van der Waals surface area contributed by atoms with E-state index in [1.165, 1.54) is 11.0 Å². The molecule has 0 radical (unpaired) electrons. The standard InChI is InChI=1S/C22H26FNO4S/c1-3-17-8-10-20(11-9-17)28-16(2)22(25)24(19-12-13-29(26,27)15-19)14-18-6-4-5-7-21(18)23/h4-11,16,19H,3,12-15H2,1-2H3/t16-,19-/m1/s1. The molecular formula is C22H26FNO4S. The number of sulfone groups is 1. The van der Waals surface area contributed by atoms with E-state index in [-0.39, 0.29) is 24.0 Å². The summed E-state index contributed by atoms with van der Waals surface area (Å²) >= 11 is 0. The first-order valence-corrected chi connectivity index (χ1v) is 11.6. The van der Waals surface area contributed by atoms with Gasteiger partial charge < -0.3 is 9.64 Å². The van der Waals surface area contributed by atoms with Crippen LogP contribution in [0, 0.1) is 5.82 Å². The fourth-order valence-electron chi connectivity index (χ4n) is 3.51. The lowest BCUT2D eigenvalue weighted by Crippen LogP contribution is -2.46. The van der Waals surface area contributed by atoms with Crippen LogP contribution >= 0.6 is 0 Å². The summed E-state index contributed by atoms with van der Waals surface area (Å²) in [5.74, 6) is -0.282. The van der Waals surface area contributed by atoms with Gasteiger partial charge in [0.05, 0.1) is 11.5 Å². The highest BCUT2D eigenvalue weighted by atomic mass is 32.2. The molecule has 2 atom stereocenters. The first-order valence-electron chi connectivity index (χ1n) is 9.79. The van der Waals surface area contributed by atoms with Crippen molar-refractivity contribution in [2.45, 2.75) is 45.4 Å². The van der Waals surface area contributed by atoms with Crippen LogP contribution in [0.3, 0.4) is 0 Å². The zero-order valence-corrected chi connectivity index (χ0v) is 17.5. The van der Waals surface area contributed by atoms with Crippen LogP contribution in [0.5, 0.6) is 5.75 Å². The van der Waals surface area contributed by atoms with E-state index in [0.717, 1.165) is 12.0 Å². The average molecular weight is 420 g/mol. The van der Waals surface area contributed by atoms with Crippen LogP contribution < -0.4 is 4.74 Å². The summed E-state index contributed by atoms with van der Waals surface area (Å²) in [5.41, 5.74) is 1.51. The molecular weight excluding hydrogens is 393 g/mol. The number of rotatable bonds is 7. The number of amides is 1. The highest BCUT2D eigenvalue weighted by molar-refractivity contribution is 7.91. The second-order valence-corrected chi connectivity index (χ2v) is 9.60. The Balaban J connectivity index is 1.79. The highest BCUT2D eigenvalue weighted by Gasteiger charge is 2.37. The van der Waals surface area contributed by atoms with Gasteiger partial charge in [-0.05, 0) is 43.5 Å². The molecule has 0 N–H and O–H groups in total. The van der Waals surface area contributed by atoms with Crippen LogP contribution in [0.25, 0.3) is 0 Å². The maximum Gasteiger partial charge on any atom is 0.263 e. The number of carbonyl (C=O) groups is 1. The van der Waals surface area contributed by atoms with Gasteiger partial charge in [0.2, 0.25) is 0 Å². The van der Waals surface area contributed by atoms with Crippen molar-refractivity contribution in [3.05, 3.63) is 65.5 Å². The third-order valence-electron chi connectivity index (χ3n) is 5.22. The largest absolute Gasteiger partial charge is 0.481 e. The zero-order valence-electron chi connectivity index (χ0n) is 16.7. The summed E-state index contributed by atoms with van der Waals surface area (Å²) < 4.78 is 43.9. The van der Waals surface area contributed by atoms with E-state index >= 15 is 0 Å². The molecule has 2 aromatic carbocycles. The summed E-state index contributed by atoms with van der Waals surface area (Å²) in [7, 11) is -3.20. The Morgan fingerprint density at radius 2 is 1.90 bits per heavy atom. The van der Waals surface area contributed by atoms with Crippen molar-refractivity contribution in [1.29, 1.82) is 0 Å². The van der Waals surface area contributed by atoms with Gasteiger partial charge >= 0.3 is 0 Å². The normalized spacial score (nSPS) is 18.9. The van der Waals surface area contributed by atoms with Crippen molar-refractivity contribution in [2.75, 3.05) is 11.5 Å². The Kier molecular flexibility index (Phi) is 6.57. The monoisotopic (exact) mass is 419 g/mol. The molecule has 1 amide bonds. The number of aryl methyl sites for hydroxylation is 1. The van der Waals surface area contributed by atoms with Gasteiger partial charge in [-0.15, -0.1) is 0 Å². The number of hydrogen-bond donors (Lipinski definition) is 0. The number of benzene rings is 2. The predicted molar refractivity (Wildman–Crippen MR) is 110 cm³/mol. The van der Waals surface area contributed by atoms with E-state index in [0.29, 0.717) is 17.7 Å². The average Bonchev–Trinajstić information content (AvgIpc) is 3.07. The minimum absolute atomic E-state index is 0.00810. The summed E-state index contributed by atoms with van der Waals surface area (Å²) in [6.07, 6.45) is 0.430. The van der Waals surface area contributed by atoms with Crippen molar-refractivity contribution >= 4 is 15.7 Å². The molecule has 1 fully saturated rings. The van der Waals surface area contributed by atoms with E-state index in [1.54, 1.807) is 25.1 Å². The summed E-state index contributed by atoms with van der Waals surface area (Å²) in [4.78, 5) is 14.6. The molecule has 0 bridgehead atoms. The van der Waals surface area contributed by atoms with E-state index in [9.17, 15) is 17.6 Å². The van der Waals surface area contributed by atoms with Gasteiger partial charge in [-0.25, -0.2) is 12.8 Å². The van der Waals surface area contributed by atoms with E-state index in [2.05, 4.69) is 6.92 Å². The van der Waals surface area contributed by atoms with Gasteiger partial charge in [0.25, 0.3) is 5.91 Å². The smallest absolute Gasteiger partial charge is 0.263 e. The molecule has 1 aliphatic rings.